The van der Waals surface area contributed by atoms with Crippen LogP contribution in [0, 0.1) is 0 Å². The molecule has 1 aliphatic heterocycles. The first-order valence-electron chi connectivity index (χ1n) is 8.19. The van der Waals surface area contributed by atoms with Gasteiger partial charge >= 0.3 is 0 Å². The molecule has 4 atom stereocenters. The quantitative estimate of drug-likeness (QED) is 0.794. The number of halogens is 1. The number of hydrogen-bond donors (Lipinski definition) is 0. The van der Waals surface area contributed by atoms with Crippen molar-refractivity contribution in [3.63, 3.8) is 0 Å². The minimum atomic E-state index is 0.225. The highest BCUT2D eigenvalue weighted by molar-refractivity contribution is 6.30. The molecule has 1 fully saturated rings. The third-order valence-corrected chi connectivity index (χ3v) is 4.90. The van der Waals surface area contributed by atoms with E-state index in [1.807, 2.05) is 12.1 Å². The standard InChI is InChI=1S/C18H28ClNO2/c1-5-18(14(3)21-4)20-11-13(2)22-12-17(20)10-15-6-8-16(19)9-7-15/h6-9,13-14,17-18H,5,10-12H2,1-4H3/t13-,14-,17-,18?/m0/s1. The molecule has 1 unspecified atom stereocenters. The van der Waals surface area contributed by atoms with E-state index >= 15 is 0 Å². The molecular weight excluding hydrogens is 298 g/mol. The maximum absolute atomic E-state index is 5.98. The van der Waals surface area contributed by atoms with Gasteiger partial charge in [-0.05, 0) is 44.4 Å². The van der Waals surface area contributed by atoms with Gasteiger partial charge in [-0.1, -0.05) is 30.7 Å². The van der Waals surface area contributed by atoms with Gasteiger partial charge in [0.2, 0.25) is 0 Å². The lowest BCUT2D eigenvalue weighted by atomic mass is 9.98. The molecule has 2 rings (SSSR count). The zero-order chi connectivity index (χ0) is 16.1. The Morgan fingerprint density at radius 2 is 2.05 bits per heavy atom. The van der Waals surface area contributed by atoms with Crippen molar-refractivity contribution in [2.75, 3.05) is 20.3 Å². The highest BCUT2D eigenvalue weighted by atomic mass is 35.5. The molecule has 0 radical (unpaired) electrons. The van der Waals surface area contributed by atoms with E-state index in [0.717, 1.165) is 31.0 Å². The summed E-state index contributed by atoms with van der Waals surface area (Å²) in [4.78, 5) is 2.58. The van der Waals surface area contributed by atoms with Crippen molar-refractivity contribution in [1.29, 1.82) is 0 Å². The largest absolute Gasteiger partial charge is 0.380 e. The van der Waals surface area contributed by atoms with Crippen LogP contribution in [0.25, 0.3) is 0 Å². The molecule has 1 aliphatic rings. The van der Waals surface area contributed by atoms with Gasteiger partial charge < -0.3 is 9.47 Å². The molecule has 0 spiro atoms. The van der Waals surface area contributed by atoms with E-state index in [4.69, 9.17) is 21.1 Å². The molecule has 0 saturated carbocycles. The van der Waals surface area contributed by atoms with Crippen molar-refractivity contribution >= 4 is 11.6 Å². The summed E-state index contributed by atoms with van der Waals surface area (Å²) in [6.07, 6.45) is 2.57. The molecule has 1 heterocycles. The average molecular weight is 326 g/mol. The summed E-state index contributed by atoms with van der Waals surface area (Å²) in [7, 11) is 1.80. The van der Waals surface area contributed by atoms with Crippen molar-refractivity contribution in [2.45, 2.75) is 57.9 Å². The van der Waals surface area contributed by atoms with E-state index in [1.165, 1.54) is 5.56 Å². The Kier molecular flexibility index (Phi) is 6.69. The highest BCUT2D eigenvalue weighted by Gasteiger charge is 2.34. The molecular formula is C18H28ClNO2. The molecule has 22 heavy (non-hydrogen) atoms. The topological polar surface area (TPSA) is 21.7 Å². The van der Waals surface area contributed by atoms with Gasteiger partial charge in [-0.2, -0.15) is 0 Å². The first-order chi connectivity index (χ1) is 10.5. The van der Waals surface area contributed by atoms with Crippen LogP contribution >= 0.6 is 11.6 Å². The maximum atomic E-state index is 5.98. The second-order valence-corrected chi connectivity index (χ2v) is 6.68. The zero-order valence-electron chi connectivity index (χ0n) is 14.1. The predicted molar refractivity (Wildman–Crippen MR) is 91.6 cm³/mol. The number of ether oxygens (including phenoxy) is 2. The molecule has 0 N–H and O–H groups in total. The van der Waals surface area contributed by atoms with Gasteiger partial charge in [-0.15, -0.1) is 0 Å². The lowest BCUT2D eigenvalue weighted by Gasteiger charge is -2.45. The number of nitrogens with zero attached hydrogens (tertiary/aromatic N) is 1. The van der Waals surface area contributed by atoms with Gasteiger partial charge in [0.05, 0.1) is 18.8 Å². The molecule has 0 aromatic heterocycles. The molecule has 0 bridgehead atoms. The Balaban J connectivity index is 2.13. The van der Waals surface area contributed by atoms with Crippen LogP contribution in [-0.2, 0) is 15.9 Å². The molecule has 1 saturated heterocycles. The van der Waals surface area contributed by atoms with E-state index in [0.29, 0.717) is 12.1 Å². The third kappa shape index (κ3) is 4.45. The lowest BCUT2D eigenvalue weighted by Crippen LogP contribution is -2.57. The van der Waals surface area contributed by atoms with Crippen molar-refractivity contribution in [3.8, 4) is 0 Å². The van der Waals surface area contributed by atoms with Crippen LogP contribution in [0.5, 0.6) is 0 Å². The summed E-state index contributed by atoms with van der Waals surface area (Å²) in [5.41, 5.74) is 1.30. The summed E-state index contributed by atoms with van der Waals surface area (Å²) in [5.74, 6) is 0. The first-order valence-corrected chi connectivity index (χ1v) is 8.57. The van der Waals surface area contributed by atoms with Crippen molar-refractivity contribution in [3.05, 3.63) is 34.9 Å². The van der Waals surface area contributed by atoms with Crippen LogP contribution < -0.4 is 0 Å². The monoisotopic (exact) mass is 325 g/mol. The van der Waals surface area contributed by atoms with E-state index in [1.54, 1.807) is 7.11 Å². The van der Waals surface area contributed by atoms with E-state index < -0.39 is 0 Å². The van der Waals surface area contributed by atoms with Gasteiger partial charge in [0.25, 0.3) is 0 Å². The second kappa shape index (κ2) is 8.30. The van der Waals surface area contributed by atoms with E-state index in [9.17, 15) is 0 Å². The number of morpholine rings is 1. The van der Waals surface area contributed by atoms with Gasteiger partial charge in [0.1, 0.15) is 0 Å². The van der Waals surface area contributed by atoms with Gasteiger partial charge in [-0.3, -0.25) is 4.90 Å². The summed E-state index contributed by atoms with van der Waals surface area (Å²) < 4.78 is 11.5. The fourth-order valence-corrected chi connectivity index (χ4v) is 3.46. The van der Waals surface area contributed by atoms with Crippen LogP contribution in [0.1, 0.15) is 32.8 Å². The Morgan fingerprint density at radius 3 is 2.64 bits per heavy atom. The van der Waals surface area contributed by atoms with E-state index in [-0.39, 0.29) is 12.2 Å². The Hall–Kier alpha value is -0.610. The molecule has 0 aliphatic carbocycles. The average Bonchev–Trinajstić information content (AvgIpc) is 2.52. The minimum absolute atomic E-state index is 0.225. The highest BCUT2D eigenvalue weighted by Crippen LogP contribution is 2.23. The van der Waals surface area contributed by atoms with Crippen LogP contribution in [-0.4, -0.2) is 49.5 Å². The molecule has 1 aromatic rings. The van der Waals surface area contributed by atoms with E-state index in [2.05, 4.69) is 37.8 Å². The summed E-state index contributed by atoms with van der Waals surface area (Å²) >= 11 is 5.98. The second-order valence-electron chi connectivity index (χ2n) is 6.24. The predicted octanol–water partition coefficient (Wildman–Crippen LogP) is 3.79. The summed E-state index contributed by atoms with van der Waals surface area (Å²) in [6, 6.07) is 8.96. The Labute approximate surface area is 139 Å². The van der Waals surface area contributed by atoms with Gasteiger partial charge in [0, 0.05) is 30.8 Å². The Morgan fingerprint density at radius 1 is 1.36 bits per heavy atom. The number of rotatable bonds is 6. The van der Waals surface area contributed by atoms with Crippen molar-refractivity contribution in [1.82, 2.24) is 4.90 Å². The lowest BCUT2D eigenvalue weighted by molar-refractivity contribution is -0.0951. The number of benzene rings is 1. The normalized spacial score (nSPS) is 25.9. The summed E-state index contributed by atoms with van der Waals surface area (Å²) in [5, 5.41) is 0.786. The molecule has 124 valence electrons. The fourth-order valence-electron chi connectivity index (χ4n) is 3.34. The molecule has 0 amide bonds. The summed E-state index contributed by atoms with van der Waals surface area (Å²) in [6.45, 7) is 8.28. The van der Waals surface area contributed by atoms with Crippen LogP contribution in [0.2, 0.25) is 5.02 Å². The van der Waals surface area contributed by atoms with Crippen LogP contribution in [0.4, 0.5) is 0 Å². The molecule has 4 heteroatoms. The number of hydrogen-bond acceptors (Lipinski definition) is 3. The van der Waals surface area contributed by atoms with Gasteiger partial charge in [0.15, 0.2) is 0 Å². The van der Waals surface area contributed by atoms with Crippen molar-refractivity contribution in [2.24, 2.45) is 0 Å². The molecule has 1 aromatic carbocycles. The number of methoxy groups -OCH3 is 1. The SMILES string of the molecule is CCC([C@H](C)OC)N1C[C@H](C)OC[C@@H]1Cc1ccc(Cl)cc1. The zero-order valence-corrected chi connectivity index (χ0v) is 14.8. The third-order valence-electron chi connectivity index (χ3n) is 4.65. The smallest absolute Gasteiger partial charge is 0.0698 e. The minimum Gasteiger partial charge on any atom is -0.380 e. The molecule has 3 nitrogen and oxygen atoms in total. The maximum Gasteiger partial charge on any atom is 0.0698 e. The first kappa shape index (κ1) is 17.7. The Bertz CT molecular complexity index is 451. The van der Waals surface area contributed by atoms with Crippen molar-refractivity contribution < 1.29 is 9.47 Å². The van der Waals surface area contributed by atoms with Crippen LogP contribution in [0.3, 0.4) is 0 Å². The van der Waals surface area contributed by atoms with Gasteiger partial charge in [-0.25, -0.2) is 0 Å². The fraction of sp³-hybridized carbons (Fsp3) is 0.667. The van der Waals surface area contributed by atoms with Crippen LogP contribution in [0.15, 0.2) is 24.3 Å².